The van der Waals surface area contributed by atoms with Crippen molar-refractivity contribution in [3.05, 3.63) is 54.2 Å². The topological polar surface area (TPSA) is 103 Å². The Morgan fingerprint density at radius 3 is 2.31 bits per heavy atom. The number of ether oxygens (including phenoxy) is 1. The second kappa shape index (κ2) is 8.13. The number of carbonyl (C=O) groups excluding carboxylic acids is 1. The Morgan fingerprint density at radius 2 is 1.75 bits per heavy atom. The van der Waals surface area contributed by atoms with Crippen LogP contribution in [0.25, 0.3) is 11.2 Å². The van der Waals surface area contributed by atoms with Crippen LogP contribution in [0, 0.1) is 5.82 Å². The third-order valence-electron chi connectivity index (χ3n) is 4.07. The van der Waals surface area contributed by atoms with E-state index in [-0.39, 0.29) is 11.2 Å². The minimum Gasteiger partial charge on any atom is -0.443 e. The number of halogens is 4. The zero-order chi connectivity index (χ0) is 23.9. The summed E-state index contributed by atoms with van der Waals surface area (Å²) in [6.45, 7) is 4.93. The molecule has 1 aromatic carbocycles. The number of aromatic nitrogens is 3. The molecule has 0 aliphatic heterocycles. The van der Waals surface area contributed by atoms with Crippen LogP contribution in [0.1, 0.15) is 32.4 Å². The first-order valence-corrected chi connectivity index (χ1v) is 10.6. The maximum atomic E-state index is 13.5. The normalized spacial score (nSPS) is 13.8. The van der Waals surface area contributed by atoms with Crippen molar-refractivity contribution in [2.75, 3.05) is 0 Å². The number of hydrogen-bond donors (Lipinski definition) is 1. The van der Waals surface area contributed by atoms with Crippen molar-refractivity contribution in [2.45, 2.75) is 43.5 Å². The van der Waals surface area contributed by atoms with Crippen LogP contribution in [0.15, 0.2) is 47.8 Å². The highest BCUT2D eigenvalue weighted by atomic mass is 32.2. The molecule has 2 aromatic heterocycles. The summed E-state index contributed by atoms with van der Waals surface area (Å²) >= 11 is 0. The van der Waals surface area contributed by atoms with Gasteiger partial charge < -0.3 is 4.74 Å². The van der Waals surface area contributed by atoms with Crippen LogP contribution in [0.3, 0.4) is 0 Å². The first-order chi connectivity index (χ1) is 14.7. The fourth-order valence-electron chi connectivity index (χ4n) is 2.68. The number of fused-ring (bicyclic) bond motifs is 1. The van der Waals surface area contributed by atoms with Gasteiger partial charge in [-0.25, -0.2) is 32.1 Å². The molecular formula is C19H18F4N4O4S. The summed E-state index contributed by atoms with van der Waals surface area (Å²) in [5, 5.41) is 0. The second-order valence-electron chi connectivity index (χ2n) is 7.76. The Balaban J connectivity index is 1.94. The van der Waals surface area contributed by atoms with Crippen LogP contribution < -0.4 is 4.72 Å². The molecule has 2 heterocycles. The van der Waals surface area contributed by atoms with E-state index in [1.54, 1.807) is 25.5 Å². The van der Waals surface area contributed by atoms with Gasteiger partial charge in [-0.1, -0.05) is 12.1 Å². The molecular weight excluding hydrogens is 456 g/mol. The Kier molecular flexibility index (Phi) is 6.00. The van der Waals surface area contributed by atoms with Crippen LogP contribution in [0.2, 0.25) is 0 Å². The van der Waals surface area contributed by atoms with Crippen molar-refractivity contribution >= 4 is 27.3 Å². The number of sulfonamides is 1. The van der Waals surface area contributed by atoms with E-state index in [0.29, 0.717) is 0 Å². The Labute approximate surface area is 180 Å². The summed E-state index contributed by atoms with van der Waals surface area (Å²) in [7, 11) is -4.72. The summed E-state index contributed by atoms with van der Waals surface area (Å²) < 4.78 is 86.7. The maximum Gasteiger partial charge on any atom is 0.421 e. The number of benzene rings is 1. The lowest BCUT2D eigenvalue weighted by Crippen LogP contribution is -2.38. The molecule has 1 N–H and O–H groups in total. The van der Waals surface area contributed by atoms with Gasteiger partial charge in [0.2, 0.25) is 10.0 Å². The van der Waals surface area contributed by atoms with Gasteiger partial charge in [-0.15, -0.1) is 0 Å². The number of hydrogen-bond acceptors (Lipinski definition) is 6. The monoisotopic (exact) mass is 474 g/mol. The predicted molar refractivity (Wildman–Crippen MR) is 105 cm³/mol. The van der Waals surface area contributed by atoms with Gasteiger partial charge in [-0.2, -0.15) is 17.9 Å². The number of rotatable bonds is 4. The summed E-state index contributed by atoms with van der Waals surface area (Å²) in [6.07, 6.45) is -3.95. The molecule has 3 aromatic rings. The summed E-state index contributed by atoms with van der Waals surface area (Å²) in [5.74, 6) is -0.771. The Morgan fingerprint density at radius 1 is 1.12 bits per heavy atom. The van der Waals surface area contributed by atoms with Crippen molar-refractivity contribution in [3.8, 4) is 0 Å². The Hall–Kier alpha value is -3.06. The summed E-state index contributed by atoms with van der Waals surface area (Å²) in [4.78, 5) is 19.4. The average molecular weight is 474 g/mol. The number of alkyl halides is 3. The van der Waals surface area contributed by atoms with Crippen LogP contribution in [-0.2, 0) is 14.8 Å². The Bertz CT molecular complexity index is 1250. The minimum absolute atomic E-state index is 0.0379. The van der Waals surface area contributed by atoms with Gasteiger partial charge >= 0.3 is 12.3 Å². The zero-order valence-corrected chi connectivity index (χ0v) is 17.8. The molecule has 0 bridgehead atoms. The lowest BCUT2D eigenvalue weighted by molar-refractivity contribution is -0.153. The molecule has 0 aliphatic rings. The van der Waals surface area contributed by atoms with E-state index in [9.17, 15) is 30.8 Å². The highest BCUT2D eigenvalue weighted by Crippen LogP contribution is 2.34. The molecule has 0 amide bonds. The smallest absolute Gasteiger partial charge is 0.421 e. The van der Waals surface area contributed by atoms with Crippen LogP contribution >= 0.6 is 0 Å². The quantitative estimate of drug-likeness (QED) is 0.575. The van der Waals surface area contributed by atoms with Gasteiger partial charge in [0, 0.05) is 6.20 Å². The van der Waals surface area contributed by atoms with Gasteiger partial charge in [-0.3, -0.25) is 0 Å². The van der Waals surface area contributed by atoms with Crippen LogP contribution in [0.5, 0.6) is 0 Å². The van der Waals surface area contributed by atoms with Gasteiger partial charge in [0.1, 0.15) is 34.2 Å². The molecule has 0 aliphatic carbocycles. The molecule has 0 fully saturated rings. The third kappa shape index (κ3) is 5.22. The SMILES string of the molecule is CC(C)(C)OC(=O)n1cnc2cc(S(=O)(=O)N[C@H](c3ccc(F)cc3)C(F)(F)F)cnc21. The van der Waals surface area contributed by atoms with E-state index in [1.165, 1.54) is 0 Å². The van der Waals surface area contributed by atoms with E-state index in [0.717, 1.165) is 47.4 Å². The number of carbonyl (C=O) groups is 1. The average Bonchev–Trinajstić information content (AvgIpc) is 3.08. The molecule has 0 unspecified atom stereocenters. The van der Waals surface area contributed by atoms with Crippen LogP contribution in [-0.4, -0.2) is 40.8 Å². The van der Waals surface area contributed by atoms with Crippen molar-refractivity contribution in [2.24, 2.45) is 0 Å². The maximum absolute atomic E-state index is 13.5. The summed E-state index contributed by atoms with van der Waals surface area (Å²) in [5.41, 5.74) is -1.40. The van der Waals surface area contributed by atoms with E-state index in [1.807, 2.05) is 0 Å². The van der Waals surface area contributed by atoms with E-state index in [4.69, 9.17) is 4.74 Å². The van der Waals surface area contributed by atoms with Gasteiger partial charge in [0.05, 0.1) is 0 Å². The molecule has 32 heavy (non-hydrogen) atoms. The van der Waals surface area contributed by atoms with Gasteiger partial charge in [0.15, 0.2) is 5.65 Å². The lowest BCUT2D eigenvalue weighted by atomic mass is 10.1. The minimum atomic E-state index is -5.00. The molecule has 0 radical (unpaired) electrons. The third-order valence-corrected chi connectivity index (χ3v) is 5.46. The molecule has 13 heteroatoms. The first kappa shape index (κ1) is 23.6. The number of nitrogens with zero attached hydrogens (tertiary/aromatic N) is 3. The van der Waals surface area contributed by atoms with Crippen molar-refractivity contribution < 1.29 is 35.5 Å². The van der Waals surface area contributed by atoms with E-state index < -0.39 is 50.2 Å². The molecule has 0 saturated carbocycles. The molecule has 8 nitrogen and oxygen atoms in total. The largest absolute Gasteiger partial charge is 0.443 e. The van der Waals surface area contributed by atoms with E-state index in [2.05, 4.69) is 9.97 Å². The molecule has 0 saturated heterocycles. The summed E-state index contributed by atoms with van der Waals surface area (Å²) in [6, 6.07) is 1.60. The van der Waals surface area contributed by atoms with Crippen molar-refractivity contribution in [3.63, 3.8) is 0 Å². The molecule has 0 spiro atoms. The number of imidazole rings is 1. The second-order valence-corrected chi connectivity index (χ2v) is 9.47. The zero-order valence-electron chi connectivity index (χ0n) is 17.0. The van der Waals surface area contributed by atoms with Crippen LogP contribution in [0.4, 0.5) is 22.4 Å². The fraction of sp³-hybridized carbons (Fsp3) is 0.316. The van der Waals surface area contributed by atoms with Gasteiger partial charge in [-0.05, 0) is 44.5 Å². The highest BCUT2D eigenvalue weighted by Gasteiger charge is 2.43. The molecule has 1 atom stereocenters. The number of nitrogens with one attached hydrogen (secondary N) is 1. The first-order valence-electron chi connectivity index (χ1n) is 9.08. The van der Waals surface area contributed by atoms with E-state index >= 15 is 0 Å². The predicted octanol–water partition coefficient (Wildman–Crippen LogP) is 3.94. The number of pyridine rings is 1. The van der Waals surface area contributed by atoms with Crippen molar-refractivity contribution in [1.82, 2.24) is 19.3 Å². The van der Waals surface area contributed by atoms with Gasteiger partial charge in [0.25, 0.3) is 0 Å². The van der Waals surface area contributed by atoms with Crippen molar-refractivity contribution in [1.29, 1.82) is 0 Å². The highest BCUT2D eigenvalue weighted by molar-refractivity contribution is 7.89. The lowest BCUT2D eigenvalue weighted by Gasteiger charge is -2.22. The molecule has 172 valence electrons. The molecule has 3 rings (SSSR count). The fourth-order valence-corrected chi connectivity index (χ4v) is 3.85. The standard InChI is InChI=1S/C19H18F4N4O4S/c1-18(2,3)31-17(28)27-10-25-14-8-13(9-24-16(14)27)32(29,30)26-15(19(21,22)23)11-4-6-12(20)7-5-11/h4-10,15,26H,1-3H3/t15-/m1/s1.